The molecular formula is C26H25O2PSi. The summed E-state index contributed by atoms with van der Waals surface area (Å²) in [6, 6.07) is 40.5. The summed E-state index contributed by atoms with van der Waals surface area (Å²) in [6.45, 7) is 0. The van der Waals surface area contributed by atoms with E-state index in [0.717, 1.165) is 5.19 Å². The smallest absolute Gasteiger partial charge is 0.391 e. The summed E-state index contributed by atoms with van der Waals surface area (Å²) < 4.78 is 12.5. The van der Waals surface area contributed by atoms with Gasteiger partial charge in [-0.15, -0.1) is 0 Å². The molecule has 0 amide bonds. The van der Waals surface area contributed by atoms with Crippen molar-refractivity contribution in [3.05, 3.63) is 115 Å². The van der Waals surface area contributed by atoms with E-state index in [4.69, 9.17) is 8.85 Å². The van der Waals surface area contributed by atoms with Crippen LogP contribution in [-0.4, -0.2) is 22.8 Å². The van der Waals surface area contributed by atoms with E-state index < -0.39 is 16.5 Å². The molecule has 0 atom stereocenters. The maximum Gasteiger partial charge on any atom is 0.407 e. The average molecular weight is 429 g/mol. The van der Waals surface area contributed by atoms with Gasteiger partial charge in [0.25, 0.3) is 0 Å². The molecule has 0 N–H and O–H groups in total. The molecule has 2 nitrogen and oxygen atoms in total. The van der Waals surface area contributed by atoms with Gasteiger partial charge in [0, 0.05) is 19.4 Å². The molecule has 0 unspecified atom stereocenters. The van der Waals surface area contributed by atoms with Crippen LogP contribution in [-0.2, 0) is 8.85 Å². The van der Waals surface area contributed by atoms with Crippen molar-refractivity contribution in [1.29, 1.82) is 0 Å². The van der Waals surface area contributed by atoms with E-state index in [1.54, 1.807) is 14.2 Å². The molecule has 0 aliphatic rings. The molecule has 0 bridgehead atoms. The van der Waals surface area contributed by atoms with Crippen LogP contribution in [0.25, 0.3) is 0 Å². The summed E-state index contributed by atoms with van der Waals surface area (Å²) in [5, 5.41) is 6.19. The van der Waals surface area contributed by atoms with E-state index in [0.29, 0.717) is 0 Å². The second-order valence-electron chi connectivity index (χ2n) is 6.91. The molecule has 0 aliphatic heterocycles. The zero-order valence-electron chi connectivity index (χ0n) is 17.2. The van der Waals surface area contributed by atoms with Gasteiger partial charge in [0.15, 0.2) is 0 Å². The molecule has 0 saturated heterocycles. The fourth-order valence-electron chi connectivity index (χ4n) is 3.88. The van der Waals surface area contributed by atoms with Gasteiger partial charge in [-0.2, -0.15) is 0 Å². The Bertz CT molecular complexity index is 1030. The summed E-state index contributed by atoms with van der Waals surface area (Å²) in [5.41, 5.74) is 0. The van der Waals surface area contributed by atoms with Gasteiger partial charge < -0.3 is 8.85 Å². The van der Waals surface area contributed by atoms with Crippen molar-refractivity contribution in [3.8, 4) is 0 Å². The lowest BCUT2D eigenvalue weighted by Gasteiger charge is -2.32. The molecule has 4 heteroatoms. The first-order valence-corrected chi connectivity index (χ1v) is 13.1. The van der Waals surface area contributed by atoms with Crippen molar-refractivity contribution in [3.63, 3.8) is 0 Å². The van der Waals surface area contributed by atoms with Crippen molar-refractivity contribution in [2.75, 3.05) is 14.2 Å². The molecule has 150 valence electrons. The van der Waals surface area contributed by atoms with E-state index in [9.17, 15) is 0 Å². The van der Waals surface area contributed by atoms with Crippen LogP contribution in [0.2, 0.25) is 0 Å². The maximum atomic E-state index is 6.25. The highest BCUT2D eigenvalue weighted by Gasteiger charge is 2.43. The fraction of sp³-hybridized carbons (Fsp3) is 0.0769. The Morgan fingerprint density at radius 3 is 1.47 bits per heavy atom. The van der Waals surface area contributed by atoms with Gasteiger partial charge in [-0.1, -0.05) is 115 Å². The van der Waals surface area contributed by atoms with Gasteiger partial charge in [0.05, 0.1) is 0 Å². The summed E-state index contributed by atoms with van der Waals surface area (Å²) in [5.74, 6) is 0. The quantitative estimate of drug-likeness (QED) is 0.332. The number of hydrogen-bond donors (Lipinski definition) is 0. The highest BCUT2D eigenvalue weighted by Crippen LogP contribution is 2.32. The zero-order chi connectivity index (χ0) is 20.8. The highest BCUT2D eigenvalue weighted by molar-refractivity contribution is 7.80. The Kier molecular flexibility index (Phi) is 6.56. The number of hydrogen-bond acceptors (Lipinski definition) is 2. The van der Waals surface area contributed by atoms with E-state index in [1.807, 2.05) is 6.07 Å². The van der Waals surface area contributed by atoms with Crippen LogP contribution in [0.15, 0.2) is 115 Å². The average Bonchev–Trinajstić information content (AvgIpc) is 2.83. The van der Waals surface area contributed by atoms with E-state index in [2.05, 4.69) is 109 Å². The maximum absolute atomic E-state index is 6.25. The predicted octanol–water partition coefficient (Wildman–Crippen LogP) is 3.29. The van der Waals surface area contributed by atoms with Crippen LogP contribution in [0.4, 0.5) is 0 Å². The Labute approximate surface area is 181 Å². The fourth-order valence-corrected chi connectivity index (χ4v) is 9.76. The first-order chi connectivity index (χ1) is 14.8. The highest BCUT2D eigenvalue weighted by atomic mass is 31.1. The van der Waals surface area contributed by atoms with E-state index >= 15 is 0 Å². The van der Waals surface area contributed by atoms with Gasteiger partial charge in [-0.05, 0) is 29.0 Å². The predicted molar refractivity (Wildman–Crippen MR) is 131 cm³/mol. The zero-order valence-corrected chi connectivity index (χ0v) is 19.1. The van der Waals surface area contributed by atoms with Crippen LogP contribution < -0.4 is 26.3 Å². The minimum Gasteiger partial charge on any atom is -0.391 e. The van der Waals surface area contributed by atoms with Crippen LogP contribution in [0.1, 0.15) is 0 Å². The standard InChI is InChI=1S/C26H25O2PSi/c1-27-30(28-2,24-18-10-5-11-19-24)26-21-13-12-20-25(26)29(22-14-6-3-7-15-22)23-16-8-4-9-17-23/h3-21H,1-2H3. The summed E-state index contributed by atoms with van der Waals surface area (Å²) in [6.07, 6.45) is 0. The molecule has 30 heavy (non-hydrogen) atoms. The number of benzene rings is 4. The minimum atomic E-state index is -2.85. The molecule has 0 spiro atoms. The monoisotopic (exact) mass is 428 g/mol. The molecule has 0 aliphatic carbocycles. The second-order valence-corrected chi connectivity index (χ2v) is 12.3. The normalized spacial score (nSPS) is 11.6. The van der Waals surface area contributed by atoms with Gasteiger partial charge in [-0.3, -0.25) is 0 Å². The molecule has 0 aromatic heterocycles. The van der Waals surface area contributed by atoms with Crippen LogP contribution in [0.5, 0.6) is 0 Å². The lowest BCUT2D eigenvalue weighted by atomic mass is 10.3. The SMILES string of the molecule is CO[Si](OC)(c1ccccc1)c1ccccc1P(c1ccccc1)c1ccccc1. The Morgan fingerprint density at radius 2 is 0.967 bits per heavy atom. The first-order valence-electron chi connectivity index (χ1n) is 9.95. The van der Waals surface area contributed by atoms with Crippen molar-refractivity contribution in [1.82, 2.24) is 0 Å². The lowest BCUT2D eigenvalue weighted by Crippen LogP contribution is -2.66. The third-order valence-corrected chi connectivity index (χ3v) is 11.4. The van der Waals surface area contributed by atoms with Gasteiger partial charge in [-0.25, -0.2) is 0 Å². The van der Waals surface area contributed by atoms with E-state index in [1.165, 1.54) is 21.1 Å². The lowest BCUT2D eigenvalue weighted by molar-refractivity contribution is 0.273. The van der Waals surface area contributed by atoms with Crippen molar-refractivity contribution in [2.45, 2.75) is 0 Å². The summed E-state index contributed by atoms with van der Waals surface area (Å²) in [4.78, 5) is 0. The summed E-state index contributed by atoms with van der Waals surface area (Å²) >= 11 is 0. The van der Waals surface area contributed by atoms with Gasteiger partial charge in [0.1, 0.15) is 0 Å². The summed E-state index contributed by atoms with van der Waals surface area (Å²) in [7, 11) is -0.0694. The molecule has 4 aromatic rings. The molecule has 0 heterocycles. The first kappa shape index (κ1) is 20.7. The molecule has 4 rings (SSSR count). The molecular weight excluding hydrogens is 403 g/mol. The molecule has 4 aromatic carbocycles. The van der Waals surface area contributed by atoms with Crippen LogP contribution in [0.3, 0.4) is 0 Å². The Hall–Kier alpha value is -2.55. The topological polar surface area (TPSA) is 18.5 Å². The Morgan fingerprint density at radius 1 is 0.533 bits per heavy atom. The molecule has 0 fully saturated rings. The third-order valence-electron chi connectivity index (χ3n) is 5.26. The van der Waals surface area contributed by atoms with Crippen LogP contribution in [0, 0.1) is 0 Å². The van der Waals surface area contributed by atoms with Crippen molar-refractivity contribution in [2.24, 2.45) is 0 Å². The van der Waals surface area contributed by atoms with E-state index in [-0.39, 0.29) is 0 Å². The minimum absolute atomic E-state index is 0.758. The molecule has 0 radical (unpaired) electrons. The van der Waals surface area contributed by atoms with Crippen molar-refractivity contribution >= 4 is 42.8 Å². The third kappa shape index (κ3) is 3.90. The number of rotatable bonds is 7. The van der Waals surface area contributed by atoms with Crippen LogP contribution >= 0.6 is 7.92 Å². The van der Waals surface area contributed by atoms with Crippen molar-refractivity contribution < 1.29 is 8.85 Å². The Balaban J connectivity index is 1.97. The molecule has 0 saturated carbocycles. The van der Waals surface area contributed by atoms with Gasteiger partial charge >= 0.3 is 8.56 Å². The second kappa shape index (κ2) is 9.50. The largest absolute Gasteiger partial charge is 0.407 e. The van der Waals surface area contributed by atoms with Gasteiger partial charge in [0.2, 0.25) is 0 Å².